The molecule has 0 aromatic carbocycles. The highest BCUT2D eigenvalue weighted by Gasteiger charge is 2.51. The number of hydrogen-bond donors (Lipinski definition) is 2. The van der Waals surface area contributed by atoms with Crippen LogP contribution in [0, 0.1) is 17.8 Å². The fourth-order valence-electron chi connectivity index (χ4n) is 4.99. The van der Waals surface area contributed by atoms with E-state index in [-0.39, 0.29) is 12.0 Å². The van der Waals surface area contributed by atoms with Gasteiger partial charge in [-0.2, -0.15) is 0 Å². The van der Waals surface area contributed by atoms with Crippen LogP contribution in [0.25, 0.3) is 0 Å². The van der Waals surface area contributed by atoms with Crippen molar-refractivity contribution in [3.05, 3.63) is 11.6 Å². The molecule has 0 amide bonds. The Hall–Kier alpha value is -0.380. The van der Waals surface area contributed by atoms with Gasteiger partial charge in [-0.05, 0) is 77.9 Å². The van der Waals surface area contributed by atoms with Crippen LogP contribution in [0.4, 0.5) is 0 Å². The predicted octanol–water partition coefficient (Wildman–Crippen LogP) is 3.60. The monoisotopic (exact) mass is 323 g/mol. The molecule has 1 saturated carbocycles. The van der Waals surface area contributed by atoms with Gasteiger partial charge in [0.15, 0.2) is 0 Å². The third kappa shape index (κ3) is 4.80. The first-order valence-electron chi connectivity index (χ1n) is 9.60. The summed E-state index contributed by atoms with van der Waals surface area (Å²) >= 11 is 0. The molecule has 2 N–H and O–H groups in total. The normalized spacial score (nSPS) is 32.9. The molecule has 0 aromatic rings. The Bertz CT molecular complexity index is 402. The third-order valence-corrected chi connectivity index (χ3v) is 5.96. The summed E-state index contributed by atoms with van der Waals surface area (Å²) in [5, 5.41) is 21.3. The lowest BCUT2D eigenvalue weighted by atomic mass is 9.75. The van der Waals surface area contributed by atoms with Crippen LogP contribution in [0.3, 0.4) is 0 Å². The number of rotatable bonds is 9. The summed E-state index contributed by atoms with van der Waals surface area (Å²) in [6.07, 6.45) is 10.9. The predicted molar refractivity (Wildman–Crippen MR) is 96.3 cm³/mol. The summed E-state index contributed by atoms with van der Waals surface area (Å²) in [4.78, 5) is 2.25. The highest BCUT2D eigenvalue weighted by molar-refractivity contribution is 5.20. The van der Waals surface area contributed by atoms with Gasteiger partial charge in [0.2, 0.25) is 0 Å². The van der Waals surface area contributed by atoms with Crippen LogP contribution in [0.2, 0.25) is 0 Å². The molecule has 0 spiro atoms. The van der Waals surface area contributed by atoms with Crippen LogP contribution in [-0.4, -0.2) is 47.5 Å². The van der Waals surface area contributed by atoms with Crippen molar-refractivity contribution < 1.29 is 10.2 Å². The molecule has 0 unspecified atom stereocenters. The van der Waals surface area contributed by atoms with Crippen molar-refractivity contribution in [2.75, 3.05) is 20.6 Å². The molecule has 0 aromatic heterocycles. The van der Waals surface area contributed by atoms with Crippen molar-refractivity contribution in [3.8, 4) is 0 Å². The van der Waals surface area contributed by atoms with Crippen molar-refractivity contribution in [1.82, 2.24) is 4.90 Å². The summed E-state index contributed by atoms with van der Waals surface area (Å²) < 4.78 is 0. The van der Waals surface area contributed by atoms with E-state index in [1.807, 2.05) is 6.92 Å². The maximum Gasteiger partial charge on any atom is 0.0675 e. The molecule has 0 saturated heterocycles. The van der Waals surface area contributed by atoms with Gasteiger partial charge in [0.25, 0.3) is 0 Å². The van der Waals surface area contributed by atoms with Crippen LogP contribution in [-0.2, 0) is 0 Å². The zero-order valence-corrected chi connectivity index (χ0v) is 15.6. The standard InChI is InChI=1S/C20H37NO2/c1-5-10-20(2,23)19-17-13-15(12-16(17)14-18(19)22)9-7-6-8-11-21(3)4/h12,16-19,22-23H,5-11,13-14H2,1-4H3/t16-,17-,18+,19+,20-/m0/s1. The smallest absolute Gasteiger partial charge is 0.0675 e. The van der Waals surface area contributed by atoms with Crippen molar-refractivity contribution in [3.63, 3.8) is 0 Å². The van der Waals surface area contributed by atoms with E-state index in [4.69, 9.17) is 0 Å². The maximum absolute atomic E-state index is 10.8. The first-order valence-corrected chi connectivity index (χ1v) is 9.60. The minimum atomic E-state index is -0.720. The van der Waals surface area contributed by atoms with Gasteiger partial charge >= 0.3 is 0 Å². The maximum atomic E-state index is 10.8. The van der Waals surface area contributed by atoms with Crippen LogP contribution in [0.15, 0.2) is 11.6 Å². The highest BCUT2D eigenvalue weighted by Crippen LogP contribution is 2.52. The van der Waals surface area contributed by atoms with Crippen molar-refractivity contribution in [2.24, 2.45) is 17.8 Å². The first-order chi connectivity index (χ1) is 10.8. The summed E-state index contributed by atoms with van der Waals surface area (Å²) in [7, 11) is 4.27. The van der Waals surface area contributed by atoms with Crippen molar-refractivity contribution in [1.29, 1.82) is 0 Å². The molecule has 134 valence electrons. The Morgan fingerprint density at radius 1 is 1.26 bits per heavy atom. The van der Waals surface area contributed by atoms with Gasteiger partial charge in [0.05, 0.1) is 11.7 Å². The molecule has 0 heterocycles. The molecule has 5 atom stereocenters. The lowest BCUT2D eigenvalue weighted by molar-refractivity contribution is -0.0681. The van der Waals surface area contributed by atoms with E-state index < -0.39 is 5.60 Å². The lowest BCUT2D eigenvalue weighted by Gasteiger charge is -2.36. The van der Waals surface area contributed by atoms with E-state index in [0.717, 1.165) is 25.7 Å². The second-order valence-electron chi connectivity index (χ2n) is 8.41. The average Bonchev–Trinajstić information content (AvgIpc) is 2.93. The largest absolute Gasteiger partial charge is 0.393 e. The number of hydrogen-bond acceptors (Lipinski definition) is 3. The molecular weight excluding hydrogens is 286 g/mol. The molecule has 2 aliphatic carbocycles. The number of allylic oxidation sites excluding steroid dienone is 2. The van der Waals surface area contributed by atoms with Crippen LogP contribution in [0.5, 0.6) is 0 Å². The van der Waals surface area contributed by atoms with Gasteiger partial charge in [-0.15, -0.1) is 0 Å². The quantitative estimate of drug-likeness (QED) is 0.503. The highest BCUT2D eigenvalue weighted by atomic mass is 16.3. The molecule has 0 bridgehead atoms. The van der Waals surface area contributed by atoms with Crippen LogP contribution >= 0.6 is 0 Å². The van der Waals surface area contributed by atoms with E-state index >= 15 is 0 Å². The van der Waals surface area contributed by atoms with Crippen molar-refractivity contribution in [2.45, 2.75) is 76.9 Å². The van der Waals surface area contributed by atoms with Gasteiger partial charge in [-0.25, -0.2) is 0 Å². The number of unbranched alkanes of at least 4 members (excludes halogenated alkanes) is 2. The molecule has 0 radical (unpaired) electrons. The summed E-state index contributed by atoms with van der Waals surface area (Å²) in [5.41, 5.74) is 0.858. The molecule has 3 heteroatoms. The SMILES string of the molecule is CCC[C@](C)(O)[C@@H]1[C@H]2CC(CCCCCN(C)C)=C[C@H]2C[C@H]1O. The van der Waals surface area contributed by atoms with Crippen LogP contribution < -0.4 is 0 Å². The molecule has 2 aliphatic rings. The lowest BCUT2D eigenvalue weighted by Crippen LogP contribution is -2.42. The Balaban J connectivity index is 1.83. The Morgan fingerprint density at radius 3 is 2.65 bits per heavy atom. The molecule has 2 rings (SSSR count). The molecule has 0 aliphatic heterocycles. The average molecular weight is 324 g/mol. The zero-order chi connectivity index (χ0) is 17.0. The second-order valence-corrected chi connectivity index (χ2v) is 8.41. The number of aliphatic hydroxyl groups is 2. The van der Waals surface area contributed by atoms with E-state index in [0.29, 0.717) is 11.8 Å². The molecule has 3 nitrogen and oxygen atoms in total. The first kappa shape index (κ1) is 19.0. The molecule has 1 fully saturated rings. The van der Waals surface area contributed by atoms with Gasteiger partial charge in [0.1, 0.15) is 0 Å². The van der Waals surface area contributed by atoms with E-state index in [9.17, 15) is 10.2 Å². The van der Waals surface area contributed by atoms with E-state index in [1.54, 1.807) is 5.57 Å². The Morgan fingerprint density at radius 2 is 2.00 bits per heavy atom. The zero-order valence-electron chi connectivity index (χ0n) is 15.6. The molecular formula is C20H37NO2. The number of aliphatic hydroxyl groups excluding tert-OH is 1. The topological polar surface area (TPSA) is 43.7 Å². The van der Waals surface area contributed by atoms with Crippen LogP contribution in [0.1, 0.15) is 65.2 Å². The molecule has 23 heavy (non-hydrogen) atoms. The Kier molecular flexibility index (Phi) is 6.70. The minimum absolute atomic E-state index is 0.0509. The summed E-state index contributed by atoms with van der Waals surface area (Å²) in [5.74, 6) is 1.01. The number of nitrogens with zero attached hydrogens (tertiary/aromatic N) is 1. The fraction of sp³-hybridized carbons (Fsp3) is 0.900. The van der Waals surface area contributed by atoms with Gasteiger partial charge in [-0.3, -0.25) is 0 Å². The van der Waals surface area contributed by atoms with E-state index in [1.165, 1.54) is 32.2 Å². The van der Waals surface area contributed by atoms with Gasteiger partial charge in [-0.1, -0.05) is 31.4 Å². The fourth-order valence-corrected chi connectivity index (χ4v) is 4.99. The van der Waals surface area contributed by atoms with E-state index in [2.05, 4.69) is 32.0 Å². The summed E-state index contributed by atoms with van der Waals surface area (Å²) in [6.45, 7) is 5.23. The summed E-state index contributed by atoms with van der Waals surface area (Å²) in [6, 6.07) is 0. The second kappa shape index (κ2) is 8.13. The minimum Gasteiger partial charge on any atom is -0.393 e. The van der Waals surface area contributed by atoms with Gasteiger partial charge < -0.3 is 15.1 Å². The third-order valence-electron chi connectivity index (χ3n) is 5.96. The van der Waals surface area contributed by atoms with Crippen molar-refractivity contribution >= 4 is 0 Å². The number of fused-ring (bicyclic) bond motifs is 1. The Labute approximate surface area is 142 Å². The van der Waals surface area contributed by atoms with Gasteiger partial charge in [0, 0.05) is 5.92 Å².